The molecule has 2 heterocycles. The van der Waals surface area contributed by atoms with Gasteiger partial charge in [0.2, 0.25) is 5.91 Å². The van der Waals surface area contributed by atoms with Crippen molar-refractivity contribution in [3.05, 3.63) is 42.1 Å². The Morgan fingerprint density at radius 3 is 2.64 bits per heavy atom. The van der Waals surface area contributed by atoms with Crippen LogP contribution in [0.2, 0.25) is 0 Å². The zero-order valence-corrected chi connectivity index (χ0v) is 15.8. The molecule has 1 aromatic heterocycles. The van der Waals surface area contributed by atoms with Crippen molar-refractivity contribution >= 4 is 23.7 Å². The first-order valence-electron chi connectivity index (χ1n) is 9.00. The van der Waals surface area contributed by atoms with Gasteiger partial charge in [-0.1, -0.05) is 12.1 Å². The summed E-state index contributed by atoms with van der Waals surface area (Å²) in [5, 5.41) is 9.38. The Balaban J connectivity index is 1.47. The van der Waals surface area contributed by atoms with E-state index >= 15 is 0 Å². The quantitative estimate of drug-likeness (QED) is 0.667. The van der Waals surface area contributed by atoms with E-state index in [-0.39, 0.29) is 31.2 Å². The van der Waals surface area contributed by atoms with Crippen molar-refractivity contribution in [2.24, 2.45) is 7.05 Å². The molecule has 2 aromatic rings. The Labute approximate surface area is 162 Å². The van der Waals surface area contributed by atoms with E-state index in [4.69, 9.17) is 4.74 Å². The number of anilines is 1. The first-order chi connectivity index (χ1) is 13.5. The fourth-order valence-electron chi connectivity index (χ4n) is 2.98. The van der Waals surface area contributed by atoms with Gasteiger partial charge in [-0.25, -0.2) is 4.79 Å². The molecule has 2 N–H and O–H groups in total. The van der Waals surface area contributed by atoms with E-state index in [0.29, 0.717) is 12.2 Å². The zero-order valence-electron chi connectivity index (χ0n) is 15.8. The second kappa shape index (κ2) is 8.55. The monoisotopic (exact) mass is 385 g/mol. The minimum Gasteiger partial charge on any atom is -0.497 e. The van der Waals surface area contributed by atoms with E-state index < -0.39 is 12.1 Å². The highest BCUT2D eigenvalue weighted by atomic mass is 16.5. The maximum Gasteiger partial charge on any atom is 0.324 e. The number of hydrogen-bond acceptors (Lipinski definition) is 5. The summed E-state index contributed by atoms with van der Waals surface area (Å²) >= 11 is 0. The smallest absolute Gasteiger partial charge is 0.324 e. The van der Waals surface area contributed by atoms with Crippen LogP contribution in [0.15, 0.2) is 36.5 Å². The van der Waals surface area contributed by atoms with Crippen molar-refractivity contribution < 1.29 is 19.1 Å². The summed E-state index contributed by atoms with van der Waals surface area (Å²) in [6.07, 6.45) is 2.62. The molecule has 4 amide bonds. The number of rotatable bonds is 8. The first-order valence-corrected chi connectivity index (χ1v) is 9.00. The van der Waals surface area contributed by atoms with Crippen molar-refractivity contribution in [1.29, 1.82) is 0 Å². The molecule has 9 heteroatoms. The van der Waals surface area contributed by atoms with Gasteiger partial charge in [0.05, 0.1) is 7.11 Å². The number of imide groups is 1. The van der Waals surface area contributed by atoms with Crippen molar-refractivity contribution in [1.82, 2.24) is 20.0 Å². The predicted octanol–water partition coefficient (Wildman–Crippen LogP) is 1.31. The van der Waals surface area contributed by atoms with Crippen LogP contribution in [0, 0.1) is 0 Å². The number of carbonyl (C=O) groups is 3. The molecule has 9 nitrogen and oxygen atoms in total. The van der Waals surface area contributed by atoms with Crippen molar-refractivity contribution in [3.63, 3.8) is 0 Å². The molecular formula is C19H23N5O4. The second-order valence-corrected chi connectivity index (χ2v) is 6.55. The largest absolute Gasteiger partial charge is 0.497 e. The van der Waals surface area contributed by atoms with Crippen LogP contribution in [-0.2, 0) is 23.1 Å². The van der Waals surface area contributed by atoms with Gasteiger partial charge >= 0.3 is 6.03 Å². The Morgan fingerprint density at radius 1 is 1.25 bits per heavy atom. The van der Waals surface area contributed by atoms with E-state index in [1.54, 1.807) is 31.1 Å². The topological polar surface area (TPSA) is 106 Å². The Hall–Kier alpha value is -3.36. The number of nitrogens with one attached hydrogen (secondary N) is 2. The van der Waals surface area contributed by atoms with Crippen LogP contribution in [0.3, 0.4) is 0 Å². The molecule has 0 saturated carbocycles. The number of amides is 4. The SMILES string of the molecule is COc1ccc(CCN2C(=O)NC(CCC(=O)Nc3ccn(C)n3)C2=O)cc1. The Kier molecular flexibility index (Phi) is 5.93. The number of ether oxygens (including phenoxy) is 1. The number of benzene rings is 1. The minimum absolute atomic E-state index is 0.111. The van der Waals surface area contributed by atoms with E-state index in [0.717, 1.165) is 11.3 Å². The van der Waals surface area contributed by atoms with E-state index in [9.17, 15) is 14.4 Å². The molecule has 1 atom stereocenters. The van der Waals surface area contributed by atoms with Gasteiger partial charge in [-0.3, -0.25) is 19.2 Å². The predicted molar refractivity (Wildman–Crippen MR) is 102 cm³/mol. The number of hydrogen-bond donors (Lipinski definition) is 2. The lowest BCUT2D eigenvalue weighted by Gasteiger charge is -2.13. The van der Waals surface area contributed by atoms with Crippen molar-refractivity contribution in [3.8, 4) is 5.75 Å². The lowest BCUT2D eigenvalue weighted by molar-refractivity contribution is -0.127. The summed E-state index contributed by atoms with van der Waals surface area (Å²) in [6, 6.07) is 8.05. The molecule has 0 bridgehead atoms. The molecule has 1 aromatic carbocycles. The van der Waals surface area contributed by atoms with Crippen LogP contribution >= 0.6 is 0 Å². The number of aromatic nitrogens is 2. The summed E-state index contributed by atoms with van der Waals surface area (Å²) in [5.74, 6) is 0.653. The fourth-order valence-corrected chi connectivity index (χ4v) is 2.98. The van der Waals surface area contributed by atoms with Crippen molar-refractivity contribution in [2.75, 3.05) is 19.0 Å². The number of carbonyl (C=O) groups excluding carboxylic acids is 3. The highest BCUT2D eigenvalue weighted by Crippen LogP contribution is 2.15. The van der Waals surface area contributed by atoms with E-state index in [1.807, 2.05) is 24.3 Å². The third kappa shape index (κ3) is 4.67. The summed E-state index contributed by atoms with van der Waals surface area (Å²) in [6.45, 7) is 0.285. The molecule has 0 aliphatic carbocycles. The van der Waals surface area contributed by atoms with E-state index in [2.05, 4.69) is 15.7 Å². The van der Waals surface area contributed by atoms with Crippen molar-refractivity contribution in [2.45, 2.75) is 25.3 Å². The molecule has 1 fully saturated rings. The Morgan fingerprint density at radius 2 is 2.00 bits per heavy atom. The van der Waals surface area contributed by atoms with Gasteiger partial charge < -0.3 is 15.4 Å². The fraction of sp³-hybridized carbons (Fsp3) is 0.368. The summed E-state index contributed by atoms with van der Waals surface area (Å²) in [4.78, 5) is 37.8. The average molecular weight is 385 g/mol. The first kappa shape index (κ1) is 19.4. The lowest BCUT2D eigenvalue weighted by atomic mass is 10.1. The number of methoxy groups -OCH3 is 1. The third-order valence-electron chi connectivity index (χ3n) is 4.53. The molecule has 0 spiro atoms. The molecule has 1 saturated heterocycles. The molecule has 148 valence electrons. The standard InChI is InChI=1S/C19H23N5O4/c1-23-11-10-16(22-23)21-17(25)8-7-15-18(26)24(19(27)20-15)12-9-13-3-5-14(28-2)6-4-13/h3-6,10-11,15H,7-9,12H2,1-2H3,(H,20,27)(H,21,22,25). The van der Waals surface area contributed by atoms with Gasteiger partial charge in [0.25, 0.3) is 5.91 Å². The average Bonchev–Trinajstić information content (AvgIpc) is 3.21. The summed E-state index contributed by atoms with van der Waals surface area (Å²) in [7, 11) is 3.35. The molecule has 1 aliphatic heterocycles. The van der Waals surface area contributed by atoms with Crippen LogP contribution < -0.4 is 15.4 Å². The van der Waals surface area contributed by atoms with Crippen LogP contribution in [0.4, 0.5) is 10.6 Å². The molecule has 28 heavy (non-hydrogen) atoms. The van der Waals surface area contributed by atoms with E-state index in [1.165, 1.54) is 4.90 Å². The zero-order chi connectivity index (χ0) is 20.1. The molecule has 3 rings (SSSR count). The highest BCUT2D eigenvalue weighted by molar-refractivity contribution is 6.04. The van der Waals surface area contributed by atoms with Gasteiger partial charge in [-0.05, 0) is 30.5 Å². The van der Waals surface area contributed by atoms with Crippen LogP contribution in [0.25, 0.3) is 0 Å². The second-order valence-electron chi connectivity index (χ2n) is 6.55. The lowest BCUT2D eigenvalue weighted by Crippen LogP contribution is -2.33. The molecule has 1 aliphatic rings. The number of urea groups is 1. The van der Waals surface area contributed by atoms with Crippen LogP contribution in [0.5, 0.6) is 5.75 Å². The van der Waals surface area contributed by atoms with Gasteiger partial charge in [0.1, 0.15) is 11.8 Å². The highest BCUT2D eigenvalue weighted by Gasteiger charge is 2.37. The number of nitrogens with zero attached hydrogens (tertiary/aromatic N) is 3. The third-order valence-corrected chi connectivity index (χ3v) is 4.53. The maximum atomic E-state index is 12.5. The normalized spacial score (nSPS) is 16.2. The molecular weight excluding hydrogens is 362 g/mol. The van der Waals surface area contributed by atoms with Crippen LogP contribution in [0.1, 0.15) is 18.4 Å². The van der Waals surface area contributed by atoms with Gasteiger partial charge in [0, 0.05) is 32.3 Å². The summed E-state index contributed by atoms with van der Waals surface area (Å²) in [5.41, 5.74) is 1.000. The molecule has 1 unspecified atom stereocenters. The summed E-state index contributed by atoms with van der Waals surface area (Å²) < 4.78 is 6.69. The molecule has 0 radical (unpaired) electrons. The Bertz CT molecular complexity index is 861. The van der Waals surface area contributed by atoms with Crippen LogP contribution in [-0.4, -0.2) is 52.2 Å². The van der Waals surface area contributed by atoms with Gasteiger partial charge in [0.15, 0.2) is 5.82 Å². The number of aryl methyl sites for hydroxylation is 1. The van der Waals surface area contributed by atoms with Gasteiger partial charge in [-0.2, -0.15) is 5.10 Å². The maximum absolute atomic E-state index is 12.5. The minimum atomic E-state index is -0.683. The van der Waals surface area contributed by atoms with Gasteiger partial charge in [-0.15, -0.1) is 0 Å².